The van der Waals surface area contributed by atoms with Crippen molar-refractivity contribution in [2.24, 2.45) is 5.92 Å². The van der Waals surface area contributed by atoms with Crippen molar-refractivity contribution < 1.29 is 9.53 Å². The number of nitrogens with zero attached hydrogens (tertiary/aromatic N) is 3. The number of hydrogen-bond acceptors (Lipinski definition) is 7. The number of esters is 1. The van der Waals surface area contributed by atoms with E-state index in [9.17, 15) is 10.1 Å². The molecule has 0 saturated heterocycles. The van der Waals surface area contributed by atoms with Gasteiger partial charge in [0.1, 0.15) is 5.82 Å². The highest BCUT2D eigenvalue weighted by molar-refractivity contribution is 9.10. The number of nitriles is 1. The van der Waals surface area contributed by atoms with Crippen LogP contribution in [0.4, 0.5) is 17.5 Å². The summed E-state index contributed by atoms with van der Waals surface area (Å²) < 4.78 is 5.45. The van der Waals surface area contributed by atoms with E-state index < -0.39 is 5.97 Å². The summed E-state index contributed by atoms with van der Waals surface area (Å²) >= 11 is 3.35. The Labute approximate surface area is 172 Å². The van der Waals surface area contributed by atoms with E-state index in [-0.39, 0.29) is 12.0 Å². The van der Waals surface area contributed by atoms with E-state index in [1.54, 1.807) is 18.3 Å². The number of anilines is 3. The SMILES string of the molecule is COC(=O)c1cc(Nc2ncc(C)c(NC3CCCCC3C#N)n2)ccc1Br. The zero-order chi connectivity index (χ0) is 20.1. The summed E-state index contributed by atoms with van der Waals surface area (Å²) in [6.45, 7) is 1.94. The van der Waals surface area contributed by atoms with Gasteiger partial charge in [-0.3, -0.25) is 0 Å². The lowest BCUT2D eigenvalue weighted by Gasteiger charge is -2.28. The highest BCUT2D eigenvalue weighted by Gasteiger charge is 2.25. The van der Waals surface area contributed by atoms with Crippen LogP contribution in [0.2, 0.25) is 0 Å². The van der Waals surface area contributed by atoms with Crippen LogP contribution in [-0.4, -0.2) is 29.1 Å². The third-order valence-corrected chi connectivity index (χ3v) is 5.54. The summed E-state index contributed by atoms with van der Waals surface area (Å²) in [7, 11) is 1.34. The van der Waals surface area contributed by atoms with E-state index in [1.807, 2.05) is 13.0 Å². The van der Waals surface area contributed by atoms with Gasteiger partial charge in [0.2, 0.25) is 5.95 Å². The predicted octanol–water partition coefficient (Wildman–Crippen LogP) is 4.57. The second-order valence-corrected chi connectivity index (χ2v) is 7.66. The largest absolute Gasteiger partial charge is 0.465 e. The summed E-state index contributed by atoms with van der Waals surface area (Å²) in [5, 5.41) is 15.9. The first-order valence-corrected chi connectivity index (χ1v) is 9.95. The molecule has 1 fully saturated rings. The van der Waals surface area contributed by atoms with Gasteiger partial charge in [-0.25, -0.2) is 9.78 Å². The van der Waals surface area contributed by atoms with Crippen LogP contribution >= 0.6 is 15.9 Å². The van der Waals surface area contributed by atoms with Crippen molar-refractivity contribution in [2.45, 2.75) is 38.6 Å². The first-order chi connectivity index (χ1) is 13.5. The van der Waals surface area contributed by atoms with Crippen LogP contribution in [0.15, 0.2) is 28.9 Å². The number of ether oxygens (including phenoxy) is 1. The van der Waals surface area contributed by atoms with Crippen molar-refractivity contribution in [1.82, 2.24) is 9.97 Å². The fraction of sp³-hybridized carbons (Fsp3) is 0.400. The smallest absolute Gasteiger partial charge is 0.339 e. The molecule has 0 amide bonds. The van der Waals surface area contributed by atoms with Crippen molar-refractivity contribution >= 4 is 39.4 Å². The molecule has 2 unspecified atom stereocenters. The minimum absolute atomic E-state index is 0.00591. The Morgan fingerprint density at radius 3 is 2.89 bits per heavy atom. The molecule has 146 valence electrons. The maximum absolute atomic E-state index is 11.9. The fourth-order valence-corrected chi connectivity index (χ4v) is 3.69. The first-order valence-electron chi connectivity index (χ1n) is 9.16. The molecule has 8 heteroatoms. The van der Waals surface area contributed by atoms with Gasteiger partial charge in [-0.2, -0.15) is 10.2 Å². The molecule has 2 aromatic rings. The molecule has 0 radical (unpaired) electrons. The summed E-state index contributed by atoms with van der Waals surface area (Å²) in [5.41, 5.74) is 2.00. The van der Waals surface area contributed by atoms with Crippen LogP contribution in [0.25, 0.3) is 0 Å². The van der Waals surface area contributed by atoms with Crippen molar-refractivity contribution in [3.63, 3.8) is 0 Å². The average molecular weight is 444 g/mol. The molecule has 1 aromatic heterocycles. The molecule has 2 N–H and O–H groups in total. The van der Waals surface area contributed by atoms with Gasteiger partial charge in [0.15, 0.2) is 0 Å². The number of aromatic nitrogens is 2. The lowest BCUT2D eigenvalue weighted by atomic mass is 9.85. The quantitative estimate of drug-likeness (QED) is 0.652. The minimum atomic E-state index is -0.428. The Hall–Kier alpha value is -2.66. The van der Waals surface area contributed by atoms with Crippen molar-refractivity contribution in [1.29, 1.82) is 5.26 Å². The van der Waals surface area contributed by atoms with E-state index in [2.05, 4.69) is 42.6 Å². The molecule has 1 aliphatic rings. The second kappa shape index (κ2) is 9.02. The predicted molar refractivity (Wildman–Crippen MR) is 111 cm³/mol. The Balaban J connectivity index is 1.80. The van der Waals surface area contributed by atoms with Gasteiger partial charge in [-0.1, -0.05) is 12.8 Å². The summed E-state index contributed by atoms with van der Waals surface area (Å²) in [5.74, 6) is 0.696. The first kappa shape index (κ1) is 20.1. The molecule has 1 aromatic carbocycles. The molecule has 2 atom stereocenters. The zero-order valence-electron chi connectivity index (χ0n) is 15.8. The number of hydrogen-bond donors (Lipinski definition) is 2. The maximum Gasteiger partial charge on any atom is 0.339 e. The van der Waals surface area contributed by atoms with Gasteiger partial charge >= 0.3 is 5.97 Å². The Kier molecular flexibility index (Phi) is 6.47. The van der Waals surface area contributed by atoms with Gasteiger partial charge in [0, 0.05) is 28.0 Å². The number of carbonyl (C=O) groups is 1. The van der Waals surface area contributed by atoms with Crippen LogP contribution < -0.4 is 10.6 Å². The summed E-state index contributed by atoms with van der Waals surface area (Å²) in [4.78, 5) is 20.8. The van der Waals surface area contributed by atoms with Gasteiger partial charge < -0.3 is 15.4 Å². The van der Waals surface area contributed by atoms with Crippen molar-refractivity contribution in [3.8, 4) is 6.07 Å². The molecular weight excluding hydrogens is 422 g/mol. The van der Waals surface area contributed by atoms with E-state index in [1.165, 1.54) is 7.11 Å². The van der Waals surface area contributed by atoms with Gasteiger partial charge in [0.05, 0.1) is 24.7 Å². The minimum Gasteiger partial charge on any atom is -0.465 e. The van der Waals surface area contributed by atoms with E-state index in [0.29, 0.717) is 21.7 Å². The van der Waals surface area contributed by atoms with E-state index in [4.69, 9.17) is 4.74 Å². The lowest BCUT2D eigenvalue weighted by molar-refractivity contribution is 0.0599. The van der Waals surface area contributed by atoms with Crippen LogP contribution in [0, 0.1) is 24.2 Å². The molecule has 1 heterocycles. The molecule has 28 heavy (non-hydrogen) atoms. The van der Waals surface area contributed by atoms with Crippen LogP contribution in [0.1, 0.15) is 41.6 Å². The second-order valence-electron chi connectivity index (χ2n) is 6.81. The van der Waals surface area contributed by atoms with Gasteiger partial charge in [-0.05, 0) is 53.9 Å². The molecular formula is C20H22BrN5O2. The summed E-state index contributed by atoms with van der Waals surface area (Å²) in [6, 6.07) is 7.77. The molecule has 0 aliphatic heterocycles. The van der Waals surface area contributed by atoms with E-state index in [0.717, 1.165) is 37.1 Å². The highest BCUT2D eigenvalue weighted by Crippen LogP contribution is 2.28. The maximum atomic E-state index is 11.9. The number of nitrogens with one attached hydrogen (secondary N) is 2. The molecule has 0 spiro atoms. The highest BCUT2D eigenvalue weighted by atomic mass is 79.9. The standard InChI is InChI=1S/C20H22BrN5O2/c1-12-11-23-20(24-14-7-8-16(21)15(9-14)19(27)28-2)26-18(12)25-17-6-4-3-5-13(17)10-22/h7-9,11,13,17H,3-6H2,1-2H3,(H2,23,24,25,26). The monoisotopic (exact) mass is 443 g/mol. The molecule has 1 aliphatic carbocycles. The Morgan fingerprint density at radius 1 is 1.36 bits per heavy atom. The number of benzene rings is 1. The lowest BCUT2D eigenvalue weighted by Crippen LogP contribution is -2.32. The van der Waals surface area contributed by atoms with Gasteiger partial charge in [0.25, 0.3) is 0 Å². The van der Waals surface area contributed by atoms with Crippen LogP contribution in [0.5, 0.6) is 0 Å². The normalized spacial score (nSPS) is 18.8. The average Bonchev–Trinajstić information content (AvgIpc) is 2.71. The van der Waals surface area contributed by atoms with Crippen LogP contribution in [-0.2, 0) is 4.74 Å². The fourth-order valence-electron chi connectivity index (χ4n) is 3.28. The van der Waals surface area contributed by atoms with Crippen molar-refractivity contribution in [2.75, 3.05) is 17.7 Å². The van der Waals surface area contributed by atoms with E-state index >= 15 is 0 Å². The number of methoxy groups -OCH3 is 1. The molecule has 3 rings (SSSR count). The number of aryl methyl sites for hydroxylation is 1. The Morgan fingerprint density at radius 2 is 2.14 bits per heavy atom. The Bertz CT molecular complexity index is 912. The number of rotatable bonds is 5. The molecule has 1 saturated carbocycles. The van der Waals surface area contributed by atoms with Crippen molar-refractivity contribution in [3.05, 3.63) is 40.0 Å². The third kappa shape index (κ3) is 4.60. The number of carbonyl (C=O) groups excluding carboxylic acids is 1. The molecule has 0 bridgehead atoms. The van der Waals surface area contributed by atoms with Crippen LogP contribution in [0.3, 0.4) is 0 Å². The molecule has 7 nitrogen and oxygen atoms in total. The number of halogens is 1. The topological polar surface area (TPSA) is 99.9 Å². The summed E-state index contributed by atoms with van der Waals surface area (Å²) in [6.07, 6.45) is 5.82. The third-order valence-electron chi connectivity index (χ3n) is 4.85. The zero-order valence-corrected chi connectivity index (χ0v) is 17.4. The van der Waals surface area contributed by atoms with Gasteiger partial charge in [-0.15, -0.1) is 0 Å².